The van der Waals surface area contributed by atoms with Crippen molar-refractivity contribution in [3.8, 4) is 6.07 Å². The van der Waals surface area contributed by atoms with Crippen LogP contribution in [0.4, 0.5) is 0 Å². The topological polar surface area (TPSA) is 40.8 Å². The molecule has 1 heterocycles. The first-order valence-electron chi connectivity index (χ1n) is 6.88. The van der Waals surface area contributed by atoms with Gasteiger partial charge in [-0.1, -0.05) is 29.8 Å². The molecule has 3 nitrogen and oxygen atoms in total. The van der Waals surface area contributed by atoms with Crippen molar-refractivity contribution < 1.29 is 0 Å². The number of nitrogens with zero attached hydrogens (tertiary/aromatic N) is 2. The van der Waals surface area contributed by atoms with Crippen molar-refractivity contribution in [1.82, 2.24) is 9.88 Å². The Bertz CT molecular complexity index is 647. The molecule has 1 N–H and O–H groups in total. The normalized spacial score (nSPS) is 12.2. The van der Waals surface area contributed by atoms with Gasteiger partial charge in [-0.05, 0) is 38.0 Å². The zero-order chi connectivity index (χ0) is 14.7. The van der Waals surface area contributed by atoms with Crippen molar-refractivity contribution in [3.05, 3.63) is 58.4 Å². The first kappa shape index (κ1) is 14.4. The molecule has 0 spiro atoms. The van der Waals surface area contributed by atoms with Gasteiger partial charge in [0.25, 0.3) is 0 Å². The van der Waals surface area contributed by atoms with Crippen molar-refractivity contribution in [2.24, 2.45) is 7.05 Å². The van der Waals surface area contributed by atoms with Crippen LogP contribution in [-0.2, 0) is 13.6 Å². The molecule has 0 amide bonds. The maximum absolute atomic E-state index is 9.05. The minimum Gasteiger partial charge on any atom is -0.340 e. The summed E-state index contributed by atoms with van der Waals surface area (Å²) in [5, 5.41) is 12.6. The van der Waals surface area contributed by atoms with E-state index in [1.807, 2.05) is 17.7 Å². The van der Waals surface area contributed by atoms with Crippen molar-refractivity contribution in [3.63, 3.8) is 0 Å². The van der Waals surface area contributed by atoms with E-state index in [0.717, 1.165) is 12.2 Å². The quantitative estimate of drug-likeness (QED) is 0.922. The smallest absolute Gasteiger partial charge is 0.120 e. The maximum Gasteiger partial charge on any atom is 0.120 e. The molecule has 0 bridgehead atoms. The highest BCUT2D eigenvalue weighted by atomic mass is 15.0. The van der Waals surface area contributed by atoms with Crippen LogP contribution in [0.15, 0.2) is 30.3 Å². The van der Waals surface area contributed by atoms with Crippen LogP contribution < -0.4 is 5.32 Å². The Kier molecular flexibility index (Phi) is 4.26. The lowest BCUT2D eigenvalue weighted by atomic mass is 10.1. The van der Waals surface area contributed by atoms with E-state index in [4.69, 9.17) is 5.26 Å². The van der Waals surface area contributed by atoms with Gasteiger partial charge in [-0.15, -0.1) is 0 Å². The molecule has 0 aliphatic carbocycles. The molecule has 0 saturated carbocycles. The van der Waals surface area contributed by atoms with Gasteiger partial charge in [-0.3, -0.25) is 0 Å². The Morgan fingerprint density at radius 1 is 1.30 bits per heavy atom. The lowest BCUT2D eigenvalue weighted by Crippen LogP contribution is -2.18. The van der Waals surface area contributed by atoms with E-state index in [1.165, 1.54) is 16.7 Å². The Labute approximate surface area is 120 Å². The predicted molar refractivity (Wildman–Crippen MR) is 81.3 cm³/mol. The fourth-order valence-corrected chi connectivity index (χ4v) is 2.37. The van der Waals surface area contributed by atoms with E-state index in [9.17, 15) is 0 Å². The van der Waals surface area contributed by atoms with Crippen LogP contribution in [-0.4, -0.2) is 4.57 Å². The summed E-state index contributed by atoms with van der Waals surface area (Å²) in [7, 11) is 1.93. The second-order valence-corrected chi connectivity index (χ2v) is 5.33. The molecule has 0 aliphatic heterocycles. The summed E-state index contributed by atoms with van der Waals surface area (Å²) in [6, 6.07) is 13.0. The summed E-state index contributed by atoms with van der Waals surface area (Å²) in [6.07, 6.45) is 0. The molecule has 104 valence electrons. The monoisotopic (exact) mass is 267 g/mol. The van der Waals surface area contributed by atoms with Crippen LogP contribution >= 0.6 is 0 Å². The zero-order valence-corrected chi connectivity index (χ0v) is 12.6. The molecule has 0 fully saturated rings. The molecule has 0 aliphatic rings. The van der Waals surface area contributed by atoms with E-state index in [2.05, 4.69) is 56.4 Å². The summed E-state index contributed by atoms with van der Waals surface area (Å²) in [5.74, 6) is 0. The highest BCUT2D eigenvalue weighted by molar-refractivity contribution is 5.34. The third-order valence-electron chi connectivity index (χ3n) is 3.90. The zero-order valence-electron chi connectivity index (χ0n) is 12.6. The Morgan fingerprint density at radius 2 is 2.05 bits per heavy atom. The summed E-state index contributed by atoms with van der Waals surface area (Å²) in [4.78, 5) is 0. The van der Waals surface area contributed by atoms with Crippen LogP contribution in [0.3, 0.4) is 0 Å². The number of nitrogens with one attached hydrogen (secondary N) is 1. The van der Waals surface area contributed by atoms with Crippen LogP contribution in [0.25, 0.3) is 0 Å². The van der Waals surface area contributed by atoms with Gasteiger partial charge in [0.05, 0.1) is 0 Å². The van der Waals surface area contributed by atoms with Crippen LogP contribution in [0.1, 0.15) is 41.0 Å². The summed E-state index contributed by atoms with van der Waals surface area (Å²) < 4.78 is 1.94. The lowest BCUT2D eigenvalue weighted by Gasteiger charge is -2.15. The molecule has 1 aromatic carbocycles. The predicted octanol–water partition coefficient (Wildman–Crippen LogP) is 3.36. The molecule has 0 radical (unpaired) electrons. The highest BCUT2D eigenvalue weighted by Gasteiger charge is 2.10. The van der Waals surface area contributed by atoms with Crippen molar-refractivity contribution >= 4 is 0 Å². The Hall–Kier alpha value is -2.05. The van der Waals surface area contributed by atoms with Gasteiger partial charge < -0.3 is 9.88 Å². The molecule has 0 unspecified atom stereocenters. The number of hydrogen-bond donors (Lipinski definition) is 1. The fraction of sp³-hybridized carbons (Fsp3) is 0.353. The van der Waals surface area contributed by atoms with Gasteiger partial charge >= 0.3 is 0 Å². The van der Waals surface area contributed by atoms with E-state index >= 15 is 0 Å². The van der Waals surface area contributed by atoms with E-state index in [-0.39, 0.29) is 0 Å². The number of benzene rings is 1. The van der Waals surface area contributed by atoms with Gasteiger partial charge in [0.2, 0.25) is 0 Å². The fourth-order valence-electron chi connectivity index (χ4n) is 2.37. The number of hydrogen-bond acceptors (Lipinski definition) is 2. The van der Waals surface area contributed by atoms with Crippen molar-refractivity contribution in [1.29, 1.82) is 5.26 Å². The molecule has 20 heavy (non-hydrogen) atoms. The second-order valence-electron chi connectivity index (χ2n) is 5.33. The van der Waals surface area contributed by atoms with E-state index < -0.39 is 0 Å². The maximum atomic E-state index is 9.05. The largest absolute Gasteiger partial charge is 0.340 e. The second kappa shape index (κ2) is 5.94. The number of rotatable bonds is 4. The van der Waals surface area contributed by atoms with Crippen molar-refractivity contribution in [2.45, 2.75) is 33.4 Å². The van der Waals surface area contributed by atoms with Crippen molar-refractivity contribution in [2.75, 3.05) is 0 Å². The lowest BCUT2D eigenvalue weighted by molar-refractivity contribution is 0.572. The van der Waals surface area contributed by atoms with Gasteiger partial charge in [0.1, 0.15) is 11.8 Å². The average Bonchev–Trinajstić information content (AvgIpc) is 2.72. The molecular formula is C17H21N3. The molecule has 3 heteroatoms. The van der Waals surface area contributed by atoms with Gasteiger partial charge in [0, 0.05) is 25.3 Å². The average molecular weight is 267 g/mol. The third kappa shape index (κ3) is 2.92. The summed E-state index contributed by atoms with van der Waals surface area (Å²) in [5.41, 5.74) is 5.61. The summed E-state index contributed by atoms with van der Waals surface area (Å²) >= 11 is 0. The highest BCUT2D eigenvalue weighted by Crippen LogP contribution is 2.17. The first-order chi connectivity index (χ1) is 9.52. The molecule has 2 aromatic rings. The van der Waals surface area contributed by atoms with E-state index in [1.54, 1.807) is 0 Å². The van der Waals surface area contributed by atoms with Crippen LogP contribution in [0, 0.1) is 25.2 Å². The van der Waals surface area contributed by atoms with Gasteiger partial charge in [0.15, 0.2) is 0 Å². The summed E-state index contributed by atoms with van der Waals surface area (Å²) in [6.45, 7) is 7.10. The molecule has 2 rings (SSSR count). The van der Waals surface area contributed by atoms with Gasteiger partial charge in [-0.2, -0.15) is 5.26 Å². The Morgan fingerprint density at radius 3 is 2.65 bits per heavy atom. The molecule has 1 atom stereocenters. The minimum atomic E-state index is 0.292. The standard InChI is InChI=1S/C17H21N3/c1-12-6-5-7-15(8-12)13(2)19-11-16-9-17(10-18)20(4)14(16)3/h5-9,13,19H,11H2,1-4H3/t13-/m1/s1. The molecule has 0 saturated heterocycles. The SMILES string of the molecule is Cc1cccc([C@@H](C)NCc2cc(C#N)n(C)c2C)c1. The first-order valence-corrected chi connectivity index (χ1v) is 6.88. The van der Waals surface area contributed by atoms with Crippen LogP contribution in [0.5, 0.6) is 0 Å². The molecule has 1 aromatic heterocycles. The Balaban J connectivity index is 2.07. The molecular weight excluding hydrogens is 246 g/mol. The number of nitriles is 1. The van der Waals surface area contributed by atoms with Crippen LogP contribution in [0.2, 0.25) is 0 Å². The van der Waals surface area contributed by atoms with Gasteiger partial charge in [-0.25, -0.2) is 0 Å². The number of aryl methyl sites for hydroxylation is 1. The third-order valence-corrected chi connectivity index (χ3v) is 3.90. The minimum absolute atomic E-state index is 0.292. The number of aromatic nitrogens is 1. The van der Waals surface area contributed by atoms with E-state index in [0.29, 0.717) is 11.7 Å².